The molecule has 0 saturated heterocycles. The summed E-state index contributed by atoms with van der Waals surface area (Å²) < 4.78 is 0. The first-order valence-electron chi connectivity index (χ1n) is 6.98. The number of benzene rings is 3. The first-order valence-corrected chi connectivity index (χ1v) is 6.98. The second kappa shape index (κ2) is 5.81. The molecule has 3 aromatic carbocycles. The third-order valence-corrected chi connectivity index (χ3v) is 3.53. The number of rotatable bonds is 3. The lowest BCUT2D eigenvalue weighted by molar-refractivity contribution is 0.0978. The number of fused-ring (bicyclic) bond motifs is 1. The van der Waals surface area contributed by atoms with E-state index in [1.807, 2.05) is 6.07 Å². The molecule has 0 unspecified atom stereocenters. The van der Waals surface area contributed by atoms with E-state index in [4.69, 9.17) is 5.73 Å². The number of anilines is 1. The Labute approximate surface area is 132 Å². The number of aromatic hydroxyl groups is 1. The third kappa shape index (κ3) is 2.85. The van der Waals surface area contributed by atoms with Crippen molar-refractivity contribution in [3.05, 3.63) is 71.8 Å². The van der Waals surface area contributed by atoms with E-state index in [1.165, 1.54) is 12.1 Å². The zero-order valence-electron chi connectivity index (χ0n) is 12.1. The Hall–Kier alpha value is -3.34. The van der Waals surface area contributed by atoms with Crippen molar-refractivity contribution in [1.82, 2.24) is 0 Å². The minimum absolute atomic E-state index is 0.000572. The zero-order chi connectivity index (χ0) is 16.4. The van der Waals surface area contributed by atoms with Gasteiger partial charge in [0.05, 0.1) is 11.1 Å². The Morgan fingerprint density at radius 3 is 2.35 bits per heavy atom. The maximum Gasteiger partial charge on any atom is 0.256 e. The molecule has 0 aliphatic carbocycles. The maximum atomic E-state index is 12.5. The largest absolute Gasteiger partial charge is 0.508 e. The van der Waals surface area contributed by atoms with Gasteiger partial charge in [-0.1, -0.05) is 30.3 Å². The fraction of sp³-hybridized carbons (Fsp3) is 0. The highest BCUT2D eigenvalue weighted by Crippen LogP contribution is 2.26. The number of primary amides is 1. The molecule has 23 heavy (non-hydrogen) atoms. The molecular weight excluding hydrogens is 292 g/mol. The summed E-state index contributed by atoms with van der Waals surface area (Å²) in [6.07, 6.45) is 0. The van der Waals surface area contributed by atoms with Crippen LogP contribution in [-0.2, 0) is 0 Å². The molecule has 114 valence electrons. The smallest absolute Gasteiger partial charge is 0.256 e. The van der Waals surface area contributed by atoms with Gasteiger partial charge in [-0.2, -0.15) is 0 Å². The fourth-order valence-corrected chi connectivity index (χ4v) is 2.48. The second-order valence-corrected chi connectivity index (χ2v) is 5.08. The van der Waals surface area contributed by atoms with Gasteiger partial charge in [0, 0.05) is 5.69 Å². The first kappa shape index (κ1) is 14.6. The molecular formula is C18H14N2O3. The molecule has 0 aromatic heterocycles. The number of hydrogen-bond donors (Lipinski definition) is 3. The molecule has 3 aromatic rings. The van der Waals surface area contributed by atoms with Gasteiger partial charge < -0.3 is 16.2 Å². The molecule has 4 N–H and O–H groups in total. The van der Waals surface area contributed by atoms with Crippen molar-refractivity contribution in [3.8, 4) is 5.75 Å². The van der Waals surface area contributed by atoms with Crippen LogP contribution in [0.5, 0.6) is 5.75 Å². The summed E-state index contributed by atoms with van der Waals surface area (Å²) in [4.78, 5) is 24.4. The number of para-hydroxylation sites is 1. The maximum absolute atomic E-state index is 12.5. The molecule has 0 fully saturated rings. The highest BCUT2D eigenvalue weighted by atomic mass is 16.3. The predicted octanol–water partition coefficient (Wildman–Crippen LogP) is 2.90. The van der Waals surface area contributed by atoms with Crippen molar-refractivity contribution >= 4 is 28.3 Å². The van der Waals surface area contributed by atoms with Gasteiger partial charge in [0.25, 0.3) is 5.91 Å². The monoisotopic (exact) mass is 306 g/mol. The van der Waals surface area contributed by atoms with Gasteiger partial charge in [-0.15, -0.1) is 0 Å². The molecule has 0 atom stereocenters. The van der Waals surface area contributed by atoms with E-state index in [1.54, 1.807) is 42.5 Å². The summed E-state index contributed by atoms with van der Waals surface area (Å²) in [5.41, 5.74) is 6.33. The van der Waals surface area contributed by atoms with Crippen LogP contribution in [0.1, 0.15) is 20.7 Å². The van der Waals surface area contributed by atoms with Gasteiger partial charge in [-0.25, -0.2) is 0 Å². The van der Waals surface area contributed by atoms with Gasteiger partial charge >= 0.3 is 0 Å². The van der Waals surface area contributed by atoms with Crippen LogP contribution in [0.25, 0.3) is 10.8 Å². The van der Waals surface area contributed by atoms with Crippen molar-refractivity contribution in [2.45, 2.75) is 0 Å². The molecule has 5 nitrogen and oxygen atoms in total. The summed E-state index contributed by atoms with van der Waals surface area (Å²) in [6, 6.07) is 16.8. The summed E-state index contributed by atoms with van der Waals surface area (Å²) in [7, 11) is 0. The van der Waals surface area contributed by atoms with E-state index < -0.39 is 11.8 Å². The standard InChI is InChI=1S/C18H14N2O3/c19-17(22)16-14(18(23)20-12-4-2-1-3-5-12)9-7-11-6-8-13(21)10-15(11)16/h1-10,21H,(H2,19,22)(H,20,23). The van der Waals surface area contributed by atoms with Gasteiger partial charge in [0.2, 0.25) is 5.91 Å². The number of hydrogen-bond acceptors (Lipinski definition) is 3. The molecule has 0 aliphatic rings. The zero-order valence-corrected chi connectivity index (χ0v) is 12.1. The Bertz CT molecular complexity index is 905. The minimum Gasteiger partial charge on any atom is -0.508 e. The summed E-state index contributed by atoms with van der Waals surface area (Å²) in [5, 5.41) is 13.5. The third-order valence-electron chi connectivity index (χ3n) is 3.53. The molecule has 3 rings (SSSR count). The molecule has 0 heterocycles. The van der Waals surface area contributed by atoms with Gasteiger partial charge in [0.1, 0.15) is 5.75 Å². The van der Waals surface area contributed by atoms with E-state index >= 15 is 0 Å². The average molecular weight is 306 g/mol. The van der Waals surface area contributed by atoms with Crippen LogP contribution in [0.3, 0.4) is 0 Å². The van der Waals surface area contributed by atoms with Gasteiger partial charge in [-0.05, 0) is 41.1 Å². The van der Waals surface area contributed by atoms with Crippen LogP contribution in [0.15, 0.2) is 60.7 Å². The lowest BCUT2D eigenvalue weighted by Crippen LogP contribution is -2.20. The Morgan fingerprint density at radius 1 is 0.957 bits per heavy atom. The van der Waals surface area contributed by atoms with Gasteiger partial charge in [0.15, 0.2) is 0 Å². The molecule has 5 heteroatoms. The number of carbonyl (C=O) groups is 2. The minimum atomic E-state index is -0.723. The summed E-state index contributed by atoms with van der Waals surface area (Å²) >= 11 is 0. The topological polar surface area (TPSA) is 92.4 Å². The highest BCUT2D eigenvalue weighted by molar-refractivity contribution is 6.18. The van der Waals surface area contributed by atoms with Gasteiger partial charge in [-0.3, -0.25) is 9.59 Å². The Morgan fingerprint density at radius 2 is 1.65 bits per heavy atom. The van der Waals surface area contributed by atoms with E-state index in [0.717, 1.165) is 0 Å². The Kier molecular flexibility index (Phi) is 3.68. The normalized spacial score (nSPS) is 10.4. The van der Waals surface area contributed by atoms with Crippen molar-refractivity contribution in [2.75, 3.05) is 5.32 Å². The lowest BCUT2D eigenvalue weighted by Gasteiger charge is -2.11. The predicted molar refractivity (Wildman–Crippen MR) is 88.5 cm³/mol. The quantitative estimate of drug-likeness (QED) is 0.694. The summed E-state index contributed by atoms with van der Waals surface area (Å²) in [6.45, 7) is 0. The molecule has 0 spiro atoms. The molecule has 0 aliphatic heterocycles. The van der Waals surface area contributed by atoms with Crippen LogP contribution in [0.4, 0.5) is 5.69 Å². The van der Waals surface area contributed by atoms with Crippen LogP contribution < -0.4 is 11.1 Å². The van der Waals surface area contributed by atoms with Crippen molar-refractivity contribution in [2.24, 2.45) is 5.73 Å². The SMILES string of the molecule is NC(=O)c1c(C(=O)Nc2ccccc2)ccc2ccc(O)cc12. The molecule has 0 bridgehead atoms. The molecule has 0 saturated carbocycles. The number of phenols is 1. The average Bonchev–Trinajstić information content (AvgIpc) is 2.54. The van der Waals surface area contributed by atoms with E-state index in [9.17, 15) is 14.7 Å². The van der Waals surface area contributed by atoms with Crippen LogP contribution in [0.2, 0.25) is 0 Å². The molecule has 0 radical (unpaired) electrons. The number of carbonyl (C=O) groups excluding carboxylic acids is 2. The number of nitrogens with one attached hydrogen (secondary N) is 1. The number of nitrogens with two attached hydrogens (primary N) is 1. The Balaban J connectivity index is 2.11. The van der Waals surface area contributed by atoms with Crippen molar-refractivity contribution in [3.63, 3.8) is 0 Å². The van der Waals surface area contributed by atoms with E-state index in [2.05, 4.69) is 5.32 Å². The second-order valence-electron chi connectivity index (χ2n) is 5.08. The van der Waals surface area contributed by atoms with Crippen molar-refractivity contribution < 1.29 is 14.7 Å². The molecule has 2 amide bonds. The van der Waals surface area contributed by atoms with Crippen LogP contribution >= 0.6 is 0 Å². The number of phenolic OH excluding ortho intramolecular Hbond substituents is 1. The summed E-state index contributed by atoms with van der Waals surface area (Å²) in [5.74, 6) is -1.16. The van der Waals surface area contributed by atoms with E-state index in [-0.39, 0.29) is 16.9 Å². The van der Waals surface area contributed by atoms with E-state index in [0.29, 0.717) is 16.5 Å². The first-order chi connectivity index (χ1) is 11.1. The number of amides is 2. The van der Waals surface area contributed by atoms with Crippen LogP contribution in [-0.4, -0.2) is 16.9 Å². The lowest BCUT2D eigenvalue weighted by atomic mass is 9.97. The fourth-order valence-electron chi connectivity index (χ4n) is 2.48. The highest BCUT2D eigenvalue weighted by Gasteiger charge is 2.18. The van der Waals surface area contributed by atoms with Crippen LogP contribution in [0, 0.1) is 0 Å². The van der Waals surface area contributed by atoms with Crippen molar-refractivity contribution in [1.29, 1.82) is 0 Å².